The van der Waals surface area contributed by atoms with Crippen LogP contribution in [0.5, 0.6) is 0 Å². The van der Waals surface area contributed by atoms with E-state index in [4.69, 9.17) is 0 Å². The summed E-state index contributed by atoms with van der Waals surface area (Å²) in [6.07, 6.45) is 0. The Morgan fingerprint density at radius 2 is 0.576 bits per heavy atom. The summed E-state index contributed by atoms with van der Waals surface area (Å²) in [6.45, 7) is -1.17. The molecule has 0 aliphatic rings. The number of rotatable bonds is 3. The van der Waals surface area contributed by atoms with Crippen LogP contribution in [-0.2, 0) is 0 Å². The normalized spacial score (nSPS) is 10.4. The third-order valence-electron chi connectivity index (χ3n) is 4.44. The number of benzene rings is 4. The van der Waals surface area contributed by atoms with E-state index in [-0.39, 0.29) is 16.4 Å². The Bertz CT molecular complexity index is 1070. The van der Waals surface area contributed by atoms with Crippen LogP contribution in [0.1, 0.15) is 0 Å². The van der Waals surface area contributed by atoms with Crippen molar-refractivity contribution >= 4 is 23.1 Å². The van der Waals surface area contributed by atoms with Crippen molar-refractivity contribution in [3.8, 4) is 0 Å². The molecule has 0 fully saturated rings. The van der Waals surface area contributed by atoms with Gasteiger partial charge in [0.15, 0.2) is 0 Å². The van der Waals surface area contributed by atoms with Crippen molar-refractivity contribution in [2.24, 2.45) is 0 Å². The molecule has 0 radical (unpaired) electrons. The monoisotopic (exact) mass is 464 g/mol. The highest BCUT2D eigenvalue weighted by Crippen LogP contribution is 2.07. The highest BCUT2D eigenvalue weighted by molar-refractivity contribution is 6.95. The molecule has 0 amide bonds. The van der Waals surface area contributed by atoms with Crippen LogP contribution in [0.3, 0.4) is 0 Å². The van der Waals surface area contributed by atoms with Gasteiger partial charge >= 0.3 is 0 Å². The lowest BCUT2D eigenvalue weighted by Crippen LogP contribution is -2.52. The number of halogens is 8. The van der Waals surface area contributed by atoms with Crippen LogP contribution >= 0.6 is 0 Å². The molecule has 0 atom stereocenters. The van der Waals surface area contributed by atoms with Gasteiger partial charge in [0.25, 0.3) is 0 Å². The summed E-state index contributed by atoms with van der Waals surface area (Å²) in [5.41, 5.74) is -0.104. The summed E-state index contributed by atoms with van der Waals surface area (Å²) in [7, 11) is 0. The van der Waals surface area contributed by atoms with Crippen molar-refractivity contribution in [3.05, 3.63) is 125 Å². The maximum atomic E-state index is 13.6. The second-order valence-electron chi connectivity index (χ2n) is 6.98. The summed E-state index contributed by atoms with van der Waals surface area (Å²) in [6, 6.07) is 12.1. The fourth-order valence-corrected chi connectivity index (χ4v) is 3.26. The predicted molar refractivity (Wildman–Crippen MR) is 110 cm³/mol. The lowest BCUT2D eigenvalue weighted by molar-refractivity contribution is 0.582. The lowest BCUT2D eigenvalue weighted by Gasteiger charge is -2.16. The van der Waals surface area contributed by atoms with Crippen LogP contribution in [0.2, 0.25) is 0 Å². The first kappa shape index (κ1) is 24.0. The van der Waals surface area contributed by atoms with Crippen molar-refractivity contribution < 1.29 is 35.1 Å². The third kappa shape index (κ3) is 6.68. The van der Waals surface area contributed by atoms with Crippen molar-refractivity contribution in [2.75, 3.05) is 0 Å². The molecule has 0 saturated heterocycles. The van der Waals surface area contributed by atoms with E-state index in [1.54, 1.807) is 0 Å². The first-order valence-corrected chi connectivity index (χ1v) is 9.40. The van der Waals surface area contributed by atoms with Crippen LogP contribution in [-0.4, -0.2) is 6.71 Å². The fourth-order valence-electron chi connectivity index (χ4n) is 3.26. The molecule has 168 valence electrons. The quantitative estimate of drug-likeness (QED) is 0.296. The predicted octanol–water partition coefficient (Wildman–Crippen LogP) is 5.00. The summed E-state index contributed by atoms with van der Waals surface area (Å²) in [5, 5.41) is 0. The van der Waals surface area contributed by atoms with E-state index >= 15 is 0 Å². The molecular formula is C24H13BF8. The fraction of sp³-hybridized carbons (Fsp3) is 0. The minimum Gasteiger partial charge on any atom is -0.207 e. The Balaban J connectivity index is 0.000000323. The smallest absolute Gasteiger partial charge is 0.207 e. The molecule has 33 heavy (non-hydrogen) atoms. The van der Waals surface area contributed by atoms with Gasteiger partial charge in [-0.25, -0.2) is 35.1 Å². The number of hydrogen-bond donors (Lipinski definition) is 0. The van der Waals surface area contributed by atoms with Gasteiger partial charge < -0.3 is 0 Å². The third-order valence-corrected chi connectivity index (χ3v) is 4.44. The Kier molecular flexibility index (Phi) is 7.53. The van der Waals surface area contributed by atoms with E-state index in [0.717, 1.165) is 42.5 Å². The molecule has 9 heteroatoms. The maximum Gasteiger partial charge on any atom is 0.241 e. The molecule has 0 aliphatic carbocycles. The summed E-state index contributed by atoms with van der Waals surface area (Å²) in [5.74, 6) is -6.61. The number of hydrogen-bond acceptors (Lipinski definition) is 0. The van der Waals surface area contributed by atoms with Gasteiger partial charge in [-0.2, -0.15) is 0 Å². The van der Waals surface area contributed by atoms with Gasteiger partial charge in [0.2, 0.25) is 6.71 Å². The Morgan fingerprint density at radius 1 is 0.333 bits per heavy atom. The molecule has 4 aromatic carbocycles. The topological polar surface area (TPSA) is 0 Å². The SMILES string of the molecule is Fc1cc(F)cc(B(c2cc(F)cc(F)c2)c2cc(F)cc(F)c2)c1.Fc1cccc(F)c1. The van der Waals surface area contributed by atoms with E-state index in [1.165, 1.54) is 18.2 Å². The Hall–Kier alpha value is -3.62. The van der Waals surface area contributed by atoms with E-state index in [1.807, 2.05) is 0 Å². The van der Waals surface area contributed by atoms with Gasteiger partial charge in [0.1, 0.15) is 46.5 Å². The molecule has 0 nitrogen and oxygen atoms in total. The molecule has 4 rings (SSSR count). The van der Waals surface area contributed by atoms with Gasteiger partial charge in [0.05, 0.1) is 0 Å². The minimum atomic E-state index is -1.17. The van der Waals surface area contributed by atoms with Crippen molar-refractivity contribution in [1.82, 2.24) is 0 Å². The van der Waals surface area contributed by atoms with Gasteiger partial charge in [-0.1, -0.05) is 22.5 Å². The molecule has 0 aromatic heterocycles. The van der Waals surface area contributed by atoms with Gasteiger partial charge in [-0.15, -0.1) is 0 Å². The first-order chi connectivity index (χ1) is 15.6. The summed E-state index contributed by atoms with van der Waals surface area (Å²) in [4.78, 5) is 0. The highest BCUT2D eigenvalue weighted by atomic mass is 19.2. The molecule has 0 unspecified atom stereocenters. The van der Waals surface area contributed by atoms with Gasteiger partial charge in [-0.05, 0) is 48.5 Å². The maximum absolute atomic E-state index is 13.6. The van der Waals surface area contributed by atoms with E-state index in [0.29, 0.717) is 18.2 Å². The molecule has 0 saturated carbocycles. The molecule has 0 bridgehead atoms. The minimum absolute atomic E-state index is 0.0347. The van der Waals surface area contributed by atoms with Crippen molar-refractivity contribution in [1.29, 1.82) is 0 Å². The van der Waals surface area contributed by atoms with Crippen LogP contribution in [0.25, 0.3) is 0 Å². The van der Waals surface area contributed by atoms with Crippen LogP contribution in [0.4, 0.5) is 35.1 Å². The average Bonchev–Trinajstić information content (AvgIpc) is 2.66. The van der Waals surface area contributed by atoms with Gasteiger partial charge in [-0.3, -0.25) is 0 Å². The Labute approximate surface area is 184 Å². The zero-order chi connectivity index (χ0) is 24.1. The zero-order valence-electron chi connectivity index (χ0n) is 16.6. The van der Waals surface area contributed by atoms with Crippen LogP contribution < -0.4 is 16.4 Å². The Morgan fingerprint density at radius 3 is 0.788 bits per heavy atom. The highest BCUT2D eigenvalue weighted by Gasteiger charge is 2.25. The zero-order valence-corrected chi connectivity index (χ0v) is 16.6. The van der Waals surface area contributed by atoms with Gasteiger partial charge in [0, 0.05) is 24.3 Å². The first-order valence-electron chi connectivity index (χ1n) is 9.40. The molecule has 0 N–H and O–H groups in total. The summed E-state index contributed by atoms with van der Waals surface area (Å²) < 4.78 is 105. The molecule has 0 aliphatic heterocycles. The second-order valence-corrected chi connectivity index (χ2v) is 6.98. The average molecular weight is 464 g/mol. The summed E-state index contributed by atoms with van der Waals surface area (Å²) >= 11 is 0. The standard InChI is InChI=1S/C18H9BF6.C6H4F2/c20-13-1-10(2-14(21)7-13)19(11-3-15(22)8-16(23)4-11)12-5-17(24)9-18(25)6-12;7-5-2-1-3-6(8)4-5/h1-9H;1-4H. The van der Waals surface area contributed by atoms with Crippen LogP contribution in [0.15, 0.2) is 78.9 Å². The molecule has 0 spiro atoms. The molecule has 4 aromatic rings. The van der Waals surface area contributed by atoms with Crippen LogP contribution in [0, 0.1) is 46.5 Å². The second kappa shape index (κ2) is 10.3. The largest absolute Gasteiger partial charge is 0.241 e. The van der Waals surface area contributed by atoms with Crippen molar-refractivity contribution in [3.63, 3.8) is 0 Å². The molecular weight excluding hydrogens is 451 g/mol. The lowest BCUT2D eigenvalue weighted by atomic mass is 9.37. The van der Waals surface area contributed by atoms with E-state index in [9.17, 15) is 35.1 Å². The van der Waals surface area contributed by atoms with Crippen molar-refractivity contribution in [2.45, 2.75) is 0 Å². The molecule has 0 heterocycles. The van der Waals surface area contributed by atoms with E-state index < -0.39 is 53.3 Å². The van der Waals surface area contributed by atoms with E-state index in [2.05, 4.69) is 0 Å².